The first-order valence-corrected chi connectivity index (χ1v) is 5.73. The van der Waals surface area contributed by atoms with E-state index in [-0.39, 0.29) is 18.6 Å². The molecule has 1 atom stereocenters. The van der Waals surface area contributed by atoms with Gasteiger partial charge in [0.15, 0.2) is 0 Å². The van der Waals surface area contributed by atoms with Gasteiger partial charge in [0.25, 0.3) is 0 Å². The number of carbonyl (C=O) groups is 1. The van der Waals surface area contributed by atoms with Gasteiger partial charge in [-0.05, 0) is 25.5 Å². The van der Waals surface area contributed by atoms with Crippen molar-refractivity contribution in [3.8, 4) is 5.75 Å². The minimum atomic E-state index is -0.293. The Kier molecular flexibility index (Phi) is 5.33. The van der Waals surface area contributed by atoms with Crippen molar-refractivity contribution in [3.63, 3.8) is 0 Å². The van der Waals surface area contributed by atoms with Crippen molar-refractivity contribution in [1.82, 2.24) is 0 Å². The van der Waals surface area contributed by atoms with Crippen LogP contribution in [0.25, 0.3) is 0 Å². The summed E-state index contributed by atoms with van der Waals surface area (Å²) in [5.41, 5.74) is 0.844. The maximum absolute atomic E-state index is 11.0. The number of benzene rings is 1. The van der Waals surface area contributed by atoms with Crippen molar-refractivity contribution in [2.45, 2.75) is 26.4 Å². The largest absolute Gasteiger partial charge is 0.491 e. The highest BCUT2D eigenvalue weighted by Crippen LogP contribution is 2.18. The average molecular weight is 237 g/mol. The van der Waals surface area contributed by atoms with Crippen molar-refractivity contribution >= 4 is 11.7 Å². The standard InChI is InChI=1S/C13H19NO3/c1-4-10(2)17-12-7-5-6-11(8-12)14-9-13(15)16-3/h5-8,10,14H,4,9H2,1-3H3. The normalized spacial score (nSPS) is 11.7. The maximum Gasteiger partial charge on any atom is 0.325 e. The van der Waals surface area contributed by atoms with Gasteiger partial charge in [-0.15, -0.1) is 0 Å². The molecule has 0 saturated heterocycles. The van der Waals surface area contributed by atoms with Gasteiger partial charge in [-0.25, -0.2) is 0 Å². The van der Waals surface area contributed by atoms with Gasteiger partial charge in [0.2, 0.25) is 0 Å². The van der Waals surface area contributed by atoms with E-state index in [9.17, 15) is 4.79 Å². The Hall–Kier alpha value is -1.71. The van der Waals surface area contributed by atoms with E-state index in [1.165, 1.54) is 7.11 Å². The number of hydrogen-bond acceptors (Lipinski definition) is 4. The van der Waals surface area contributed by atoms with Gasteiger partial charge in [-0.2, -0.15) is 0 Å². The van der Waals surface area contributed by atoms with E-state index in [0.717, 1.165) is 17.9 Å². The second-order valence-electron chi connectivity index (χ2n) is 3.79. The van der Waals surface area contributed by atoms with E-state index in [2.05, 4.69) is 17.0 Å². The summed E-state index contributed by atoms with van der Waals surface area (Å²) in [5.74, 6) is 0.507. The molecule has 0 saturated carbocycles. The van der Waals surface area contributed by atoms with Crippen molar-refractivity contribution in [2.75, 3.05) is 19.0 Å². The SMILES string of the molecule is CCC(C)Oc1cccc(NCC(=O)OC)c1. The predicted molar refractivity (Wildman–Crippen MR) is 67.3 cm³/mol. The van der Waals surface area contributed by atoms with Crippen LogP contribution >= 0.6 is 0 Å². The fourth-order valence-corrected chi connectivity index (χ4v) is 1.24. The van der Waals surface area contributed by atoms with Crippen LogP contribution in [0, 0.1) is 0 Å². The van der Waals surface area contributed by atoms with Crippen molar-refractivity contribution < 1.29 is 14.3 Å². The van der Waals surface area contributed by atoms with E-state index in [1.807, 2.05) is 31.2 Å². The molecule has 4 heteroatoms. The van der Waals surface area contributed by atoms with Crippen LogP contribution < -0.4 is 10.1 Å². The van der Waals surface area contributed by atoms with Gasteiger partial charge in [0.05, 0.1) is 13.2 Å². The fourth-order valence-electron chi connectivity index (χ4n) is 1.24. The zero-order valence-corrected chi connectivity index (χ0v) is 10.5. The Morgan fingerprint density at radius 3 is 2.88 bits per heavy atom. The Balaban J connectivity index is 2.56. The van der Waals surface area contributed by atoms with Crippen molar-refractivity contribution in [2.24, 2.45) is 0 Å². The summed E-state index contributed by atoms with van der Waals surface area (Å²) in [6.45, 7) is 4.25. The number of rotatable bonds is 6. The highest BCUT2D eigenvalue weighted by Gasteiger charge is 2.03. The Labute approximate surface area is 102 Å². The summed E-state index contributed by atoms with van der Waals surface area (Å²) in [4.78, 5) is 11.0. The zero-order valence-electron chi connectivity index (χ0n) is 10.5. The number of hydrogen-bond donors (Lipinski definition) is 1. The van der Waals surface area contributed by atoms with Crippen LogP contribution in [0.1, 0.15) is 20.3 Å². The molecule has 0 amide bonds. The molecule has 1 rings (SSSR count). The summed E-state index contributed by atoms with van der Waals surface area (Å²) in [5, 5.41) is 2.97. The minimum Gasteiger partial charge on any atom is -0.491 e. The zero-order chi connectivity index (χ0) is 12.7. The molecule has 1 N–H and O–H groups in total. The van der Waals surface area contributed by atoms with E-state index in [1.54, 1.807) is 0 Å². The van der Waals surface area contributed by atoms with Gasteiger partial charge < -0.3 is 14.8 Å². The first-order valence-electron chi connectivity index (χ1n) is 5.73. The topological polar surface area (TPSA) is 47.6 Å². The molecule has 17 heavy (non-hydrogen) atoms. The van der Waals surface area contributed by atoms with Crippen LogP contribution in [0.4, 0.5) is 5.69 Å². The molecule has 0 radical (unpaired) electrons. The van der Waals surface area contributed by atoms with E-state index in [4.69, 9.17) is 4.74 Å². The molecular weight excluding hydrogens is 218 g/mol. The number of esters is 1. The number of methoxy groups -OCH3 is 1. The number of ether oxygens (including phenoxy) is 2. The molecule has 0 aliphatic rings. The number of nitrogens with one attached hydrogen (secondary N) is 1. The Bertz CT molecular complexity index is 365. The molecule has 0 heterocycles. The monoisotopic (exact) mass is 237 g/mol. The van der Waals surface area contributed by atoms with E-state index in [0.29, 0.717) is 0 Å². The third-order valence-electron chi connectivity index (χ3n) is 2.41. The van der Waals surface area contributed by atoms with Gasteiger partial charge in [-0.1, -0.05) is 13.0 Å². The molecule has 0 aromatic heterocycles. The Morgan fingerprint density at radius 2 is 2.24 bits per heavy atom. The van der Waals surface area contributed by atoms with Gasteiger partial charge >= 0.3 is 5.97 Å². The molecular formula is C13H19NO3. The second kappa shape index (κ2) is 6.78. The van der Waals surface area contributed by atoms with Gasteiger partial charge in [-0.3, -0.25) is 4.79 Å². The molecule has 94 valence electrons. The molecule has 0 aliphatic heterocycles. The first-order chi connectivity index (χ1) is 8.15. The highest BCUT2D eigenvalue weighted by molar-refractivity contribution is 5.74. The lowest BCUT2D eigenvalue weighted by atomic mass is 10.2. The lowest BCUT2D eigenvalue weighted by Gasteiger charge is -2.13. The number of carbonyl (C=O) groups excluding carboxylic acids is 1. The van der Waals surface area contributed by atoms with Crippen molar-refractivity contribution in [3.05, 3.63) is 24.3 Å². The molecule has 4 nitrogen and oxygen atoms in total. The van der Waals surface area contributed by atoms with E-state index >= 15 is 0 Å². The molecule has 1 unspecified atom stereocenters. The number of anilines is 1. The molecule has 0 fully saturated rings. The summed E-state index contributed by atoms with van der Waals surface area (Å²) in [7, 11) is 1.37. The molecule has 0 bridgehead atoms. The highest BCUT2D eigenvalue weighted by atomic mass is 16.5. The molecule has 1 aromatic carbocycles. The molecule has 0 aliphatic carbocycles. The van der Waals surface area contributed by atoms with Crippen LogP contribution in [0.2, 0.25) is 0 Å². The maximum atomic E-state index is 11.0. The van der Waals surface area contributed by atoms with E-state index < -0.39 is 0 Å². The van der Waals surface area contributed by atoms with Gasteiger partial charge in [0.1, 0.15) is 12.3 Å². The molecule has 0 spiro atoms. The average Bonchev–Trinajstić information content (AvgIpc) is 2.36. The summed E-state index contributed by atoms with van der Waals surface area (Å²) in [6, 6.07) is 7.54. The third-order valence-corrected chi connectivity index (χ3v) is 2.41. The molecule has 1 aromatic rings. The quantitative estimate of drug-likeness (QED) is 0.772. The van der Waals surface area contributed by atoms with Gasteiger partial charge in [0, 0.05) is 11.8 Å². The lowest BCUT2D eigenvalue weighted by molar-refractivity contribution is -0.138. The summed E-state index contributed by atoms with van der Waals surface area (Å²) >= 11 is 0. The Morgan fingerprint density at radius 1 is 1.47 bits per heavy atom. The second-order valence-corrected chi connectivity index (χ2v) is 3.79. The van der Waals surface area contributed by atoms with Crippen LogP contribution in [0.5, 0.6) is 5.75 Å². The van der Waals surface area contributed by atoms with Crippen LogP contribution in [0.15, 0.2) is 24.3 Å². The van der Waals surface area contributed by atoms with Crippen LogP contribution in [-0.4, -0.2) is 25.7 Å². The van der Waals surface area contributed by atoms with Crippen molar-refractivity contribution in [1.29, 1.82) is 0 Å². The fraction of sp³-hybridized carbons (Fsp3) is 0.462. The summed E-state index contributed by atoms with van der Waals surface area (Å²) in [6.07, 6.45) is 1.14. The first kappa shape index (κ1) is 13.4. The summed E-state index contributed by atoms with van der Waals surface area (Å²) < 4.78 is 10.2. The van der Waals surface area contributed by atoms with Crippen LogP contribution in [-0.2, 0) is 9.53 Å². The smallest absolute Gasteiger partial charge is 0.325 e. The van der Waals surface area contributed by atoms with Crippen LogP contribution in [0.3, 0.4) is 0 Å². The minimum absolute atomic E-state index is 0.156. The third kappa shape index (κ3) is 4.76. The predicted octanol–water partition coefficient (Wildman–Crippen LogP) is 2.45. The lowest BCUT2D eigenvalue weighted by Crippen LogP contribution is -2.15.